The van der Waals surface area contributed by atoms with Crippen LogP contribution in [0.25, 0.3) is 0 Å². The van der Waals surface area contributed by atoms with Crippen LogP contribution in [0.1, 0.15) is 66.8 Å². The van der Waals surface area contributed by atoms with Gasteiger partial charge in [-0.15, -0.1) is 0 Å². The van der Waals surface area contributed by atoms with Gasteiger partial charge in [0, 0.05) is 0 Å². The highest BCUT2D eigenvalue weighted by atomic mass is 16.5. The first kappa shape index (κ1) is 18.2. The minimum absolute atomic E-state index is 0.248. The number of carbonyl (C=O) groups is 2. The number of hydrogen-bond donors (Lipinski definition) is 0. The molecule has 1 rings (SSSR count). The van der Waals surface area contributed by atoms with Crippen molar-refractivity contribution in [2.75, 3.05) is 13.2 Å². The number of carbonyl (C=O) groups excluding carboxylic acids is 2. The molecule has 0 spiro atoms. The molecule has 4 nitrogen and oxygen atoms in total. The van der Waals surface area contributed by atoms with Crippen molar-refractivity contribution in [3.05, 3.63) is 34.9 Å². The van der Waals surface area contributed by atoms with E-state index in [0.29, 0.717) is 30.8 Å². The normalized spacial score (nSPS) is 10.6. The molecule has 0 aromatic heterocycles. The van der Waals surface area contributed by atoms with E-state index in [2.05, 4.69) is 0 Å². The summed E-state index contributed by atoms with van der Waals surface area (Å²) in [4.78, 5) is 24.6. The van der Waals surface area contributed by atoms with E-state index in [-0.39, 0.29) is 5.92 Å². The zero-order valence-corrected chi connectivity index (χ0v) is 14.0. The summed E-state index contributed by atoms with van der Waals surface area (Å²) in [5.74, 6) is -0.661. The van der Waals surface area contributed by atoms with Crippen LogP contribution < -0.4 is 0 Å². The van der Waals surface area contributed by atoms with Gasteiger partial charge in [0.1, 0.15) is 0 Å². The van der Waals surface area contributed by atoms with Gasteiger partial charge < -0.3 is 9.47 Å². The average molecular weight is 306 g/mol. The first-order valence-electron chi connectivity index (χ1n) is 7.97. The number of unbranched alkanes of at least 4 members (excludes halogenated alkanes) is 1. The molecule has 0 heterocycles. The molecular weight excluding hydrogens is 280 g/mol. The predicted molar refractivity (Wildman–Crippen MR) is 86.1 cm³/mol. The van der Waals surface area contributed by atoms with Crippen molar-refractivity contribution in [1.82, 2.24) is 0 Å². The Kier molecular flexibility index (Phi) is 7.64. The molecule has 0 aliphatic carbocycles. The van der Waals surface area contributed by atoms with E-state index in [4.69, 9.17) is 9.47 Å². The molecule has 22 heavy (non-hydrogen) atoms. The lowest BCUT2D eigenvalue weighted by Crippen LogP contribution is -2.18. The Morgan fingerprint density at radius 3 is 2.41 bits per heavy atom. The molecule has 1 aromatic carbocycles. The van der Waals surface area contributed by atoms with E-state index in [1.54, 1.807) is 12.1 Å². The lowest BCUT2D eigenvalue weighted by molar-refractivity contribution is 0.0427. The van der Waals surface area contributed by atoms with Crippen LogP contribution in [0, 0.1) is 5.92 Å². The molecule has 0 amide bonds. The van der Waals surface area contributed by atoms with E-state index in [0.717, 1.165) is 18.4 Å². The average Bonchev–Trinajstić information content (AvgIpc) is 2.51. The Morgan fingerprint density at radius 1 is 1.09 bits per heavy atom. The summed E-state index contributed by atoms with van der Waals surface area (Å²) < 4.78 is 10.5. The van der Waals surface area contributed by atoms with Gasteiger partial charge >= 0.3 is 11.9 Å². The molecule has 0 N–H and O–H groups in total. The Balaban J connectivity index is 3.01. The van der Waals surface area contributed by atoms with Crippen LogP contribution >= 0.6 is 0 Å². The van der Waals surface area contributed by atoms with Gasteiger partial charge in [-0.05, 0) is 30.4 Å². The van der Waals surface area contributed by atoms with Gasteiger partial charge in [-0.25, -0.2) is 9.59 Å². The number of rotatable bonds is 8. The number of hydrogen-bond acceptors (Lipinski definition) is 4. The smallest absolute Gasteiger partial charge is 0.339 e. The van der Waals surface area contributed by atoms with Crippen molar-refractivity contribution in [1.29, 1.82) is 0 Å². The van der Waals surface area contributed by atoms with E-state index in [1.165, 1.54) is 0 Å². The van der Waals surface area contributed by atoms with Crippen molar-refractivity contribution in [2.45, 2.75) is 47.0 Å². The van der Waals surface area contributed by atoms with Crippen LogP contribution in [-0.2, 0) is 15.9 Å². The summed E-state index contributed by atoms with van der Waals surface area (Å²) in [6.07, 6.45) is 2.42. The Bertz CT molecular complexity index is 506. The molecule has 0 aliphatic rings. The van der Waals surface area contributed by atoms with Crippen LogP contribution in [0.15, 0.2) is 18.2 Å². The molecule has 0 fully saturated rings. The number of ether oxygens (including phenoxy) is 2. The van der Waals surface area contributed by atoms with E-state index >= 15 is 0 Å². The first-order chi connectivity index (χ1) is 10.5. The molecule has 0 bridgehead atoms. The minimum atomic E-state index is -0.458. The third-order valence-corrected chi connectivity index (χ3v) is 3.23. The number of benzene rings is 1. The largest absolute Gasteiger partial charge is 0.462 e. The van der Waals surface area contributed by atoms with Crippen molar-refractivity contribution < 1.29 is 19.1 Å². The summed E-state index contributed by atoms with van der Waals surface area (Å²) in [6.45, 7) is 8.62. The molecule has 0 unspecified atom stereocenters. The molecule has 0 atom stereocenters. The highest BCUT2D eigenvalue weighted by Gasteiger charge is 2.22. The fourth-order valence-electron chi connectivity index (χ4n) is 2.01. The zero-order chi connectivity index (χ0) is 16.5. The van der Waals surface area contributed by atoms with E-state index in [1.807, 2.05) is 33.8 Å². The fraction of sp³-hybridized carbons (Fsp3) is 0.556. The first-order valence-corrected chi connectivity index (χ1v) is 7.97. The van der Waals surface area contributed by atoms with Crippen molar-refractivity contribution in [3.63, 3.8) is 0 Å². The molecule has 0 aliphatic heterocycles. The second-order valence-corrected chi connectivity index (χ2v) is 5.68. The summed E-state index contributed by atoms with van der Waals surface area (Å²) in [7, 11) is 0. The maximum Gasteiger partial charge on any atom is 0.339 e. The monoisotopic (exact) mass is 306 g/mol. The van der Waals surface area contributed by atoms with Gasteiger partial charge in [-0.2, -0.15) is 0 Å². The second-order valence-electron chi connectivity index (χ2n) is 5.68. The SMILES string of the molecule is CCCCOC(=O)c1cccc(CC)c1C(=O)OCC(C)C. The van der Waals surface area contributed by atoms with E-state index in [9.17, 15) is 9.59 Å². The summed E-state index contributed by atoms with van der Waals surface area (Å²) >= 11 is 0. The standard InChI is InChI=1S/C18H26O4/c1-5-7-11-21-17(19)15-10-8-9-14(6-2)16(15)18(20)22-12-13(3)4/h8-10,13H,5-7,11-12H2,1-4H3. The Morgan fingerprint density at radius 2 is 1.82 bits per heavy atom. The Labute approximate surface area is 132 Å². The highest BCUT2D eigenvalue weighted by molar-refractivity contribution is 6.04. The van der Waals surface area contributed by atoms with E-state index < -0.39 is 11.9 Å². The molecule has 0 radical (unpaired) electrons. The van der Waals surface area contributed by atoms with Crippen molar-refractivity contribution in [3.8, 4) is 0 Å². The third kappa shape index (κ3) is 5.17. The molecule has 0 saturated heterocycles. The molecule has 0 saturated carbocycles. The Hall–Kier alpha value is -1.84. The van der Waals surface area contributed by atoms with Crippen LogP contribution in [0.3, 0.4) is 0 Å². The lowest BCUT2D eigenvalue weighted by Gasteiger charge is -2.14. The minimum Gasteiger partial charge on any atom is -0.462 e. The molecule has 4 heteroatoms. The van der Waals surface area contributed by atoms with Gasteiger partial charge in [0.05, 0.1) is 24.3 Å². The van der Waals surface area contributed by atoms with Crippen LogP contribution in [0.4, 0.5) is 0 Å². The highest BCUT2D eigenvalue weighted by Crippen LogP contribution is 2.19. The van der Waals surface area contributed by atoms with Crippen LogP contribution in [0.2, 0.25) is 0 Å². The molecule has 1 aromatic rings. The maximum absolute atomic E-state index is 12.4. The number of esters is 2. The van der Waals surface area contributed by atoms with Crippen molar-refractivity contribution in [2.24, 2.45) is 5.92 Å². The molecular formula is C18H26O4. The van der Waals surface area contributed by atoms with Crippen LogP contribution in [0.5, 0.6) is 0 Å². The fourth-order valence-corrected chi connectivity index (χ4v) is 2.01. The van der Waals surface area contributed by atoms with Gasteiger partial charge in [0.15, 0.2) is 0 Å². The summed E-state index contributed by atoms with van der Waals surface area (Å²) in [5, 5.41) is 0. The topological polar surface area (TPSA) is 52.6 Å². The molecule has 122 valence electrons. The zero-order valence-electron chi connectivity index (χ0n) is 14.0. The van der Waals surface area contributed by atoms with Gasteiger partial charge in [-0.3, -0.25) is 0 Å². The van der Waals surface area contributed by atoms with Gasteiger partial charge in [-0.1, -0.05) is 46.2 Å². The number of aryl methyl sites for hydroxylation is 1. The van der Waals surface area contributed by atoms with Crippen LogP contribution in [-0.4, -0.2) is 25.2 Å². The summed E-state index contributed by atoms with van der Waals surface area (Å²) in [5.41, 5.74) is 1.44. The third-order valence-electron chi connectivity index (χ3n) is 3.23. The van der Waals surface area contributed by atoms with Gasteiger partial charge in [0.25, 0.3) is 0 Å². The lowest BCUT2D eigenvalue weighted by atomic mass is 9.99. The van der Waals surface area contributed by atoms with Crippen molar-refractivity contribution >= 4 is 11.9 Å². The summed E-state index contributed by atoms with van der Waals surface area (Å²) in [6, 6.07) is 5.24. The quantitative estimate of drug-likeness (QED) is 0.537. The predicted octanol–water partition coefficient (Wildman–Crippen LogP) is 4.02. The second kappa shape index (κ2) is 9.23. The van der Waals surface area contributed by atoms with Gasteiger partial charge in [0.2, 0.25) is 0 Å². The maximum atomic E-state index is 12.4.